The molecule has 92 valence electrons. The Bertz CT molecular complexity index is 584. The molecule has 3 nitrogen and oxygen atoms in total. The molecular formula is C13H10FNO2S. The fourth-order valence-electron chi connectivity index (χ4n) is 1.42. The number of aromatic nitrogens is 1. The van der Waals surface area contributed by atoms with Crippen LogP contribution in [0.25, 0.3) is 0 Å². The number of pyridine rings is 1. The molecule has 1 heterocycles. The van der Waals surface area contributed by atoms with Gasteiger partial charge in [0, 0.05) is 16.0 Å². The summed E-state index contributed by atoms with van der Waals surface area (Å²) in [6.07, 6.45) is 1.50. The summed E-state index contributed by atoms with van der Waals surface area (Å²) in [5, 5.41) is 8.73. The van der Waals surface area contributed by atoms with Crippen LogP contribution in [0.3, 0.4) is 0 Å². The number of carbonyl (C=O) groups is 1. The highest BCUT2D eigenvalue weighted by Gasteiger charge is 2.06. The van der Waals surface area contributed by atoms with Crippen molar-refractivity contribution in [3.63, 3.8) is 0 Å². The van der Waals surface area contributed by atoms with Crippen molar-refractivity contribution < 1.29 is 14.3 Å². The third-order valence-corrected chi connectivity index (χ3v) is 3.48. The van der Waals surface area contributed by atoms with Crippen molar-refractivity contribution in [1.82, 2.24) is 4.98 Å². The number of carboxylic acids is 1. The number of aryl methyl sites for hydroxylation is 1. The van der Waals surface area contributed by atoms with E-state index >= 15 is 0 Å². The molecule has 2 aromatic rings. The van der Waals surface area contributed by atoms with Crippen molar-refractivity contribution >= 4 is 17.7 Å². The minimum atomic E-state index is -1.05. The molecule has 5 heteroatoms. The fraction of sp³-hybridized carbons (Fsp3) is 0.0769. The number of halogens is 1. The fourth-order valence-corrected chi connectivity index (χ4v) is 2.27. The van der Waals surface area contributed by atoms with Crippen molar-refractivity contribution in [2.45, 2.75) is 16.7 Å². The summed E-state index contributed by atoms with van der Waals surface area (Å²) in [6, 6.07) is 7.68. The lowest BCUT2D eigenvalue weighted by Gasteiger charge is -2.05. The highest BCUT2D eigenvalue weighted by Crippen LogP contribution is 2.30. The zero-order valence-corrected chi connectivity index (χ0v) is 10.4. The smallest absolute Gasteiger partial charge is 0.354 e. The van der Waals surface area contributed by atoms with E-state index in [1.54, 1.807) is 12.1 Å². The summed E-state index contributed by atoms with van der Waals surface area (Å²) in [5.74, 6) is -1.32. The van der Waals surface area contributed by atoms with E-state index in [0.717, 1.165) is 15.4 Å². The Morgan fingerprint density at radius 1 is 1.33 bits per heavy atom. The van der Waals surface area contributed by atoms with Gasteiger partial charge in [-0.25, -0.2) is 14.2 Å². The van der Waals surface area contributed by atoms with E-state index in [1.165, 1.54) is 36.2 Å². The second-order valence-electron chi connectivity index (χ2n) is 3.70. The maximum atomic E-state index is 12.9. The first-order valence-electron chi connectivity index (χ1n) is 5.19. The lowest BCUT2D eigenvalue weighted by Crippen LogP contribution is -1.98. The molecule has 0 amide bonds. The van der Waals surface area contributed by atoms with Crippen LogP contribution < -0.4 is 0 Å². The molecule has 0 fully saturated rings. The number of aromatic carboxylic acids is 1. The molecule has 18 heavy (non-hydrogen) atoms. The Labute approximate surface area is 108 Å². The summed E-state index contributed by atoms with van der Waals surface area (Å²) in [5.41, 5.74) is 0.845. The highest BCUT2D eigenvalue weighted by atomic mass is 32.2. The number of rotatable bonds is 3. The first-order valence-corrected chi connectivity index (χ1v) is 6.01. The number of hydrogen-bond donors (Lipinski definition) is 1. The zero-order chi connectivity index (χ0) is 13.1. The molecule has 1 N–H and O–H groups in total. The molecule has 2 rings (SSSR count). The Morgan fingerprint density at radius 3 is 2.67 bits per heavy atom. The van der Waals surface area contributed by atoms with Crippen LogP contribution in [-0.4, -0.2) is 16.1 Å². The van der Waals surface area contributed by atoms with Gasteiger partial charge in [0.1, 0.15) is 11.5 Å². The standard InChI is InChI=1S/C13H10FNO2S/c1-8-6-9(14)2-5-12(8)18-10-3-4-11(13(16)17)15-7-10/h2-7H,1H3,(H,16,17). The van der Waals surface area contributed by atoms with Gasteiger partial charge in [-0.3, -0.25) is 0 Å². The molecule has 1 aromatic heterocycles. The van der Waals surface area contributed by atoms with Gasteiger partial charge in [0.05, 0.1) is 0 Å². The molecule has 0 saturated carbocycles. The number of benzene rings is 1. The monoisotopic (exact) mass is 263 g/mol. The maximum Gasteiger partial charge on any atom is 0.354 e. The van der Waals surface area contributed by atoms with Crippen LogP contribution in [0.1, 0.15) is 16.1 Å². The average molecular weight is 263 g/mol. The highest BCUT2D eigenvalue weighted by molar-refractivity contribution is 7.99. The quantitative estimate of drug-likeness (QED) is 0.922. The van der Waals surface area contributed by atoms with Crippen molar-refractivity contribution in [3.05, 3.63) is 53.6 Å². The van der Waals surface area contributed by atoms with E-state index in [-0.39, 0.29) is 11.5 Å². The van der Waals surface area contributed by atoms with Gasteiger partial charge < -0.3 is 5.11 Å². The second kappa shape index (κ2) is 5.18. The third-order valence-electron chi connectivity index (χ3n) is 2.32. The van der Waals surface area contributed by atoms with Crippen LogP contribution in [0, 0.1) is 12.7 Å². The number of carboxylic acid groups (broad SMARTS) is 1. The molecule has 0 bridgehead atoms. The second-order valence-corrected chi connectivity index (χ2v) is 4.81. The van der Waals surface area contributed by atoms with Crippen LogP contribution in [0.4, 0.5) is 4.39 Å². The van der Waals surface area contributed by atoms with Crippen molar-refractivity contribution in [1.29, 1.82) is 0 Å². The molecular weight excluding hydrogens is 253 g/mol. The van der Waals surface area contributed by atoms with Crippen LogP contribution >= 0.6 is 11.8 Å². The minimum Gasteiger partial charge on any atom is -0.477 e. The summed E-state index contributed by atoms with van der Waals surface area (Å²) in [4.78, 5) is 16.2. The molecule has 0 aliphatic carbocycles. The van der Waals surface area contributed by atoms with Gasteiger partial charge in [-0.1, -0.05) is 11.8 Å². The van der Waals surface area contributed by atoms with Gasteiger partial charge in [0.15, 0.2) is 0 Å². The topological polar surface area (TPSA) is 50.2 Å². The van der Waals surface area contributed by atoms with E-state index in [2.05, 4.69) is 4.98 Å². The first kappa shape index (κ1) is 12.6. The molecule has 0 saturated heterocycles. The Balaban J connectivity index is 2.21. The van der Waals surface area contributed by atoms with E-state index in [1.807, 2.05) is 6.92 Å². The van der Waals surface area contributed by atoms with Gasteiger partial charge >= 0.3 is 5.97 Å². The Morgan fingerprint density at radius 2 is 2.11 bits per heavy atom. The number of nitrogens with zero attached hydrogens (tertiary/aromatic N) is 1. The lowest BCUT2D eigenvalue weighted by atomic mass is 10.2. The molecule has 0 aliphatic rings. The van der Waals surface area contributed by atoms with Crippen LogP contribution in [0.5, 0.6) is 0 Å². The Hall–Kier alpha value is -1.88. The van der Waals surface area contributed by atoms with Gasteiger partial charge in [0.25, 0.3) is 0 Å². The largest absolute Gasteiger partial charge is 0.477 e. The third kappa shape index (κ3) is 2.87. The van der Waals surface area contributed by atoms with Crippen molar-refractivity contribution in [2.24, 2.45) is 0 Å². The van der Waals surface area contributed by atoms with Crippen LogP contribution in [0.15, 0.2) is 46.3 Å². The summed E-state index contributed by atoms with van der Waals surface area (Å²) in [6.45, 7) is 1.82. The molecule has 0 unspecified atom stereocenters. The molecule has 1 aromatic carbocycles. The van der Waals surface area contributed by atoms with Crippen LogP contribution in [-0.2, 0) is 0 Å². The van der Waals surface area contributed by atoms with Gasteiger partial charge in [0.2, 0.25) is 0 Å². The van der Waals surface area contributed by atoms with Crippen molar-refractivity contribution in [2.75, 3.05) is 0 Å². The van der Waals surface area contributed by atoms with E-state index in [9.17, 15) is 9.18 Å². The predicted molar refractivity (Wildman–Crippen MR) is 66.5 cm³/mol. The first-order chi connectivity index (χ1) is 8.56. The molecule has 0 aliphatic heterocycles. The van der Waals surface area contributed by atoms with E-state index in [0.29, 0.717) is 0 Å². The summed E-state index contributed by atoms with van der Waals surface area (Å²) < 4.78 is 12.9. The van der Waals surface area contributed by atoms with Gasteiger partial charge in [-0.15, -0.1) is 0 Å². The lowest BCUT2D eigenvalue weighted by molar-refractivity contribution is 0.0690. The maximum absolute atomic E-state index is 12.9. The average Bonchev–Trinajstić information content (AvgIpc) is 2.33. The summed E-state index contributed by atoms with van der Waals surface area (Å²) >= 11 is 1.42. The Kier molecular flexibility index (Phi) is 3.62. The SMILES string of the molecule is Cc1cc(F)ccc1Sc1ccc(C(=O)O)nc1. The molecule has 0 atom stereocenters. The van der Waals surface area contributed by atoms with Crippen LogP contribution in [0.2, 0.25) is 0 Å². The number of hydrogen-bond acceptors (Lipinski definition) is 3. The predicted octanol–water partition coefficient (Wildman–Crippen LogP) is 3.38. The normalized spacial score (nSPS) is 10.3. The van der Waals surface area contributed by atoms with Gasteiger partial charge in [-0.2, -0.15) is 0 Å². The van der Waals surface area contributed by atoms with E-state index in [4.69, 9.17) is 5.11 Å². The van der Waals surface area contributed by atoms with E-state index < -0.39 is 5.97 Å². The van der Waals surface area contributed by atoms with Gasteiger partial charge in [-0.05, 0) is 42.8 Å². The molecule has 0 spiro atoms. The molecule has 0 radical (unpaired) electrons. The summed E-state index contributed by atoms with van der Waals surface area (Å²) in [7, 11) is 0. The zero-order valence-electron chi connectivity index (χ0n) is 9.55. The minimum absolute atomic E-state index is 0.00942. The van der Waals surface area contributed by atoms with Crippen molar-refractivity contribution in [3.8, 4) is 0 Å².